The number of halogens is 3. The minimum Gasteiger partial charge on any atom is -0.406 e. The third-order valence-electron chi connectivity index (χ3n) is 3.59. The summed E-state index contributed by atoms with van der Waals surface area (Å²) in [4.78, 5) is 26.3. The summed E-state index contributed by atoms with van der Waals surface area (Å²) in [5.74, 6) is -0.822. The van der Waals surface area contributed by atoms with Gasteiger partial charge < -0.3 is 19.4 Å². The molecular formula is C15H11F3N4O4. The van der Waals surface area contributed by atoms with Crippen molar-refractivity contribution in [3.05, 3.63) is 68.4 Å². The molecule has 0 aliphatic heterocycles. The van der Waals surface area contributed by atoms with Crippen LogP contribution in [-0.4, -0.2) is 25.2 Å². The molecule has 26 heavy (non-hydrogen) atoms. The van der Waals surface area contributed by atoms with Gasteiger partial charge in [0.05, 0.1) is 6.54 Å². The van der Waals surface area contributed by atoms with Crippen molar-refractivity contribution in [2.24, 2.45) is 0 Å². The molecule has 0 radical (unpaired) electrons. The molecule has 3 aromatic rings. The number of ether oxygens (including phenoxy) is 1. The van der Waals surface area contributed by atoms with Gasteiger partial charge in [-0.05, 0) is 34.5 Å². The summed E-state index contributed by atoms with van der Waals surface area (Å²) in [6.45, 7) is 1.70. The maximum Gasteiger partial charge on any atom is 0.573 e. The molecule has 0 amide bonds. The predicted octanol–water partition coefficient (Wildman–Crippen LogP) is 2.66. The highest BCUT2D eigenvalue weighted by Gasteiger charge is 2.31. The van der Waals surface area contributed by atoms with Crippen LogP contribution in [0.3, 0.4) is 0 Å². The Balaban J connectivity index is 1.93. The van der Waals surface area contributed by atoms with E-state index < -0.39 is 22.7 Å². The van der Waals surface area contributed by atoms with Gasteiger partial charge in [0, 0.05) is 11.9 Å². The van der Waals surface area contributed by atoms with Crippen molar-refractivity contribution in [2.45, 2.75) is 19.8 Å². The number of nitrogens with zero attached hydrogens (tertiary/aromatic N) is 4. The van der Waals surface area contributed by atoms with Crippen molar-refractivity contribution >= 4 is 11.5 Å². The quantitative estimate of drug-likeness (QED) is 0.522. The molecule has 0 bridgehead atoms. The number of nitro groups is 1. The standard InChI is InChI=1S/C15H11F3N4O4/c1-9-6-20-8-12(22(24)25)19-13(20)14(23)21(9)7-10-2-4-11(5-3-10)26-15(16,17)18/h2-6,8H,7H2,1H3. The van der Waals surface area contributed by atoms with E-state index in [4.69, 9.17) is 0 Å². The first-order valence-electron chi connectivity index (χ1n) is 7.22. The normalized spacial score (nSPS) is 11.7. The van der Waals surface area contributed by atoms with E-state index in [2.05, 4.69) is 9.72 Å². The molecule has 11 heteroatoms. The van der Waals surface area contributed by atoms with Crippen LogP contribution in [0.4, 0.5) is 19.0 Å². The number of fused-ring (bicyclic) bond motifs is 1. The third kappa shape index (κ3) is 3.50. The van der Waals surface area contributed by atoms with Crippen LogP contribution in [0, 0.1) is 17.0 Å². The molecule has 0 saturated carbocycles. The molecule has 3 rings (SSSR count). The number of hydrogen-bond acceptors (Lipinski definition) is 5. The first kappa shape index (κ1) is 17.5. The Morgan fingerprint density at radius 2 is 1.88 bits per heavy atom. The molecule has 0 fully saturated rings. The largest absolute Gasteiger partial charge is 0.573 e. The van der Waals surface area contributed by atoms with E-state index in [1.165, 1.54) is 27.3 Å². The van der Waals surface area contributed by atoms with E-state index in [0.717, 1.165) is 18.3 Å². The Labute approximate surface area is 143 Å². The van der Waals surface area contributed by atoms with E-state index in [1.807, 2.05) is 0 Å². The molecule has 0 atom stereocenters. The van der Waals surface area contributed by atoms with Gasteiger partial charge in [-0.15, -0.1) is 13.2 Å². The van der Waals surface area contributed by atoms with Crippen molar-refractivity contribution < 1.29 is 22.8 Å². The van der Waals surface area contributed by atoms with Gasteiger partial charge in [-0.2, -0.15) is 0 Å². The summed E-state index contributed by atoms with van der Waals surface area (Å²) in [5.41, 5.74) is 0.397. The fourth-order valence-electron chi connectivity index (χ4n) is 2.45. The second-order valence-electron chi connectivity index (χ2n) is 5.44. The first-order valence-corrected chi connectivity index (χ1v) is 7.22. The number of aromatic nitrogens is 3. The van der Waals surface area contributed by atoms with Crippen LogP contribution < -0.4 is 10.3 Å². The molecule has 0 unspecified atom stereocenters. The average Bonchev–Trinajstić information content (AvgIpc) is 2.96. The van der Waals surface area contributed by atoms with Gasteiger partial charge in [0.15, 0.2) is 0 Å². The minimum absolute atomic E-state index is 0.0636. The first-order chi connectivity index (χ1) is 12.1. The van der Waals surface area contributed by atoms with E-state index in [1.54, 1.807) is 6.92 Å². The summed E-state index contributed by atoms with van der Waals surface area (Å²) >= 11 is 0. The Bertz CT molecular complexity index is 1040. The molecule has 8 nitrogen and oxygen atoms in total. The summed E-state index contributed by atoms with van der Waals surface area (Å²) < 4.78 is 42.9. The zero-order chi connectivity index (χ0) is 19.1. The number of hydrogen-bond donors (Lipinski definition) is 0. The zero-order valence-corrected chi connectivity index (χ0v) is 13.2. The van der Waals surface area contributed by atoms with Gasteiger partial charge in [-0.1, -0.05) is 12.1 Å². The van der Waals surface area contributed by atoms with E-state index >= 15 is 0 Å². The highest BCUT2D eigenvalue weighted by atomic mass is 19.4. The van der Waals surface area contributed by atoms with Crippen LogP contribution in [0.5, 0.6) is 5.75 Å². The fraction of sp³-hybridized carbons (Fsp3) is 0.200. The van der Waals surface area contributed by atoms with E-state index in [-0.39, 0.29) is 17.9 Å². The number of rotatable bonds is 4. The lowest BCUT2D eigenvalue weighted by Gasteiger charge is -2.11. The average molecular weight is 368 g/mol. The van der Waals surface area contributed by atoms with Crippen LogP contribution in [0.2, 0.25) is 0 Å². The summed E-state index contributed by atoms with van der Waals surface area (Å²) in [6.07, 6.45) is -2.13. The molecule has 0 saturated heterocycles. The zero-order valence-electron chi connectivity index (χ0n) is 13.2. The van der Waals surface area contributed by atoms with Crippen LogP contribution in [0.1, 0.15) is 11.3 Å². The molecule has 0 N–H and O–H groups in total. The molecule has 2 heterocycles. The summed E-state index contributed by atoms with van der Waals surface area (Å²) in [7, 11) is 0. The van der Waals surface area contributed by atoms with Gasteiger partial charge in [0.1, 0.15) is 11.9 Å². The molecule has 1 aromatic carbocycles. The lowest BCUT2D eigenvalue weighted by atomic mass is 10.2. The monoisotopic (exact) mass is 368 g/mol. The maximum atomic E-state index is 12.5. The van der Waals surface area contributed by atoms with Gasteiger partial charge in [-0.3, -0.25) is 9.20 Å². The van der Waals surface area contributed by atoms with Crippen molar-refractivity contribution in [1.29, 1.82) is 0 Å². The molecule has 136 valence electrons. The second kappa shape index (κ2) is 6.17. The molecule has 2 aromatic heterocycles. The smallest absolute Gasteiger partial charge is 0.406 e. The van der Waals surface area contributed by atoms with Crippen LogP contribution in [0.15, 0.2) is 41.5 Å². The van der Waals surface area contributed by atoms with Gasteiger partial charge in [-0.25, -0.2) is 0 Å². The van der Waals surface area contributed by atoms with Crippen LogP contribution in [0.25, 0.3) is 5.65 Å². The number of benzene rings is 1. The minimum atomic E-state index is -4.78. The van der Waals surface area contributed by atoms with Crippen LogP contribution >= 0.6 is 0 Å². The fourth-order valence-corrected chi connectivity index (χ4v) is 2.45. The van der Waals surface area contributed by atoms with Crippen molar-refractivity contribution in [3.63, 3.8) is 0 Å². The summed E-state index contributed by atoms with van der Waals surface area (Å²) in [5, 5.41) is 10.8. The Kier molecular flexibility index (Phi) is 4.14. The summed E-state index contributed by atoms with van der Waals surface area (Å²) in [6, 6.07) is 5.07. The Morgan fingerprint density at radius 3 is 2.46 bits per heavy atom. The van der Waals surface area contributed by atoms with Crippen molar-refractivity contribution in [3.8, 4) is 5.75 Å². The number of aryl methyl sites for hydroxylation is 1. The number of imidazole rings is 1. The van der Waals surface area contributed by atoms with Gasteiger partial charge >= 0.3 is 23.4 Å². The predicted molar refractivity (Wildman–Crippen MR) is 83.1 cm³/mol. The molecular weight excluding hydrogens is 357 g/mol. The Morgan fingerprint density at radius 1 is 1.23 bits per heavy atom. The third-order valence-corrected chi connectivity index (χ3v) is 3.59. The molecule has 0 aliphatic rings. The Hall–Kier alpha value is -3.37. The highest BCUT2D eigenvalue weighted by Crippen LogP contribution is 2.23. The lowest BCUT2D eigenvalue weighted by Crippen LogP contribution is -2.25. The lowest BCUT2D eigenvalue weighted by molar-refractivity contribution is -0.389. The molecule has 0 aliphatic carbocycles. The van der Waals surface area contributed by atoms with E-state index in [9.17, 15) is 28.1 Å². The SMILES string of the molecule is Cc1cn2cc([N+](=O)[O-])nc2c(=O)n1Cc1ccc(OC(F)(F)F)cc1. The van der Waals surface area contributed by atoms with E-state index in [0.29, 0.717) is 11.3 Å². The number of alkyl halides is 3. The highest BCUT2D eigenvalue weighted by molar-refractivity contribution is 5.42. The maximum absolute atomic E-state index is 12.5. The van der Waals surface area contributed by atoms with Crippen molar-refractivity contribution in [2.75, 3.05) is 0 Å². The van der Waals surface area contributed by atoms with Crippen LogP contribution in [-0.2, 0) is 6.54 Å². The topological polar surface area (TPSA) is 91.7 Å². The molecule has 0 spiro atoms. The second-order valence-corrected chi connectivity index (χ2v) is 5.44. The van der Waals surface area contributed by atoms with Gasteiger partial charge in [0.2, 0.25) is 0 Å². The van der Waals surface area contributed by atoms with Gasteiger partial charge in [0.25, 0.3) is 0 Å². The van der Waals surface area contributed by atoms with Crippen molar-refractivity contribution in [1.82, 2.24) is 14.0 Å².